The zero-order valence-corrected chi connectivity index (χ0v) is 12.5. The van der Waals surface area contributed by atoms with Crippen LogP contribution >= 0.6 is 11.6 Å². The molecule has 1 aromatic heterocycles. The normalized spacial score (nSPS) is 15.7. The Morgan fingerprint density at radius 3 is 2.62 bits per heavy atom. The lowest BCUT2D eigenvalue weighted by Crippen LogP contribution is -2.39. The quantitative estimate of drug-likeness (QED) is 0.921. The summed E-state index contributed by atoms with van der Waals surface area (Å²) in [6.45, 7) is 1.78. The minimum absolute atomic E-state index is 0.0414. The average Bonchev–Trinajstić information content (AvgIpc) is 3.07. The number of rotatable bonds is 5. The fourth-order valence-electron chi connectivity index (χ4n) is 2.39. The Morgan fingerprint density at radius 1 is 1.33 bits per heavy atom. The lowest BCUT2D eigenvalue weighted by Gasteiger charge is -2.17. The number of aryl methyl sites for hydroxylation is 1. The number of nitrogens with one attached hydrogen (secondary N) is 1. The lowest BCUT2D eigenvalue weighted by molar-refractivity contribution is -0.121. The molecule has 0 bridgehead atoms. The van der Waals surface area contributed by atoms with Gasteiger partial charge in [0.2, 0.25) is 5.91 Å². The highest BCUT2D eigenvalue weighted by Crippen LogP contribution is 2.38. The van der Waals surface area contributed by atoms with E-state index in [9.17, 15) is 4.79 Å². The zero-order valence-electron chi connectivity index (χ0n) is 11.7. The molecule has 1 amide bonds. The van der Waals surface area contributed by atoms with E-state index >= 15 is 0 Å². The summed E-state index contributed by atoms with van der Waals surface area (Å²) in [7, 11) is 0. The SMILES string of the molecule is Cc1nonc1CC(=O)NC1(Cc2ccc(Cl)cc2)CC1. The highest BCUT2D eigenvalue weighted by molar-refractivity contribution is 6.30. The summed E-state index contributed by atoms with van der Waals surface area (Å²) in [6.07, 6.45) is 3.03. The molecule has 1 aliphatic carbocycles. The predicted molar refractivity (Wildman–Crippen MR) is 78.0 cm³/mol. The van der Waals surface area contributed by atoms with Crippen LogP contribution in [0.25, 0.3) is 0 Å². The largest absolute Gasteiger partial charge is 0.350 e. The molecule has 6 heteroatoms. The number of amides is 1. The van der Waals surface area contributed by atoms with E-state index in [4.69, 9.17) is 11.6 Å². The number of aromatic nitrogens is 2. The first-order valence-corrected chi connectivity index (χ1v) is 7.28. The fourth-order valence-corrected chi connectivity index (χ4v) is 2.52. The molecule has 0 aliphatic heterocycles. The number of carbonyl (C=O) groups is 1. The number of benzene rings is 1. The van der Waals surface area contributed by atoms with Gasteiger partial charge in [0.25, 0.3) is 0 Å². The molecule has 1 saturated carbocycles. The van der Waals surface area contributed by atoms with E-state index in [1.165, 1.54) is 5.56 Å². The molecule has 2 aromatic rings. The summed E-state index contributed by atoms with van der Waals surface area (Å²) < 4.78 is 4.61. The van der Waals surface area contributed by atoms with Crippen LogP contribution in [0.3, 0.4) is 0 Å². The Morgan fingerprint density at radius 2 is 2.05 bits per heavy atom. The van der Waals surface area contributed by atoms with Crippen molar-refractivity contribution in [3.63, 3.8) is 0 Å². The van der Waals surface area contributed by atoms with Crippen molar-refractivity contribution in [2.45, 2.75) is 38.1 Å². The second-order valence-corrected chi connectivity index (χ2v) is 6.04. The monoisotopic (exact) mass is 305 g/mol. The van der Waals surface area contributed by atoms with Gasteiger partial charge in [-0.25, -0.2) is 4.63 Å². The topological polar surface area (TPSA) is 68.0 Å². The first-order valence-electron chi connectivity index (χ1n) is 6.90. The van der Waals surface area contributed by atoms with Gasteiger partial charge in [0, 0.05) is 10.6 Å². The summed E-state index contributed by atoms with van der Waals surface area (Å²) in [5.41, 5.74) is 2.31. The highest BCUT2D eigenvalue weighted by Gasteiger charge is 2.43. The van der Waals surface area contributed by atoms with Crippen molar-refractivity contribution in [2.75, 3.05) is 0 Å². The predicted octanol–water partition coefficient (Wildman–Crippen LogP) is 2.47. The van der Waals surface area contributed by atoms with Gasteiger partial charge in [-0.2, -0.15) is 0 Å². The Balaban J connectivity index is 1.60. The highest BCUT2D eigenvalue weighted by atomic mass is 35.5. The van der Waals surface area contributed by atoms with E-state index in [1.807, 2.05) is 24.3 Å². The molecule has 5 nitrogen and oxygen atoms in total. The van der Waals surface area contributed by atoms with Crippen LogP contribution in [0, 0.1) is 6.92 Å². The van der Waals surface area contributed by atoms with E-state index in [-0.39, 0.29) is 17.9 Å². The van der Waals surface area contributed by atoms with E-state index in [0.717, 1.165) is 24.3 Å². The van der Waals surface area contributed by atoms with E-state index in [1.54, 1.807) is 6.92 Å². The van der Waals surface area contributed by atoms with Gasteiger partial charge < -0.3 is 5.32 Å². The molecule has 0 radical (unpaired) electrons. The van der Waals surface area contributed by atoms with Crippen molar-refractivity contribution < 1.29 is 9.42 Å². The molecule has 0 saturated heterocycles. The second-order valence-electron chi connectivity index (χ2n) is 5.60. The Kier molecular flexibility index (Phi) is 3.68. The van der Waals surface area contributed by atoms with Crippen LogP contribution in [0.1, 0.15) is 29.8 Å². The molecule has 1 aliphatic rings. The number of nitrogens with zero attached hydrogens (tertiary/aromatic N) is 2. The summed E-state index contributed by atoms with van der Waals surface area (Å²) in [5, 5.41) is 11.3. The molecule has 0 atom stereocenters. The maximum Gasteiger partial charge on any atom is 0.226 e. The van der Waals surface area contributed by atoms with Gasteiger partial charge in [-0.15, -0.1) is 0 Å². The number of carbonyl (C=O) groups excluding carboxylic acids is 1. The Hall–Kier alpha value is -1.88. The molecule has 1 aromatic carbocycles. The van der Waals surface area contributed by atoms with E-state index in [2.05, 4.69) is 20.3 Å². The van der Waals surface area contributed by atoms with Crippen LogP contribution in [0.5, 0.6) is 0 Å². The van der Waals surface area contributed by atoms with Crippen LogP contribution in [-0.2, 0) is 17.6 Å². The van der Waals surface area contributed by atoms with Crippen LogP contribution in [0.15, 0.2) is 28.9 Å². The van der Waals surface area contributed by atoms with Crippen LogP contribution < -0.4 is 5.32 Å². The summed E-state index contributed by atoms with van der Waals surface area (Å²) in [4.78, 5) is 12.1. The first-order chi connectivity index (χ1) is 10.1. The van der Waals surface area contributed by atoms with Crippen molar-refractivity contribution in [1.82, 2.24) is 15.6 Å². The molecular weight excluding hydrogens is 290 g/mol. The van der Waals surface area contributed by atoms with Crippen molar-refractivity contribution in [3.05, 3.63) is 46.2 Å². The third-order valence-corrected chi connectivity index (χ3v) is 4.04. The minimum atomic E-state index is -0.115. The molecule has 1 fully saturated rings. The molecule has 0 unspecified atom stereocenters. The van der Waals surface area contributed by atoms with Gasteiger partial charge in [-0.3, -0.25) is 4.79 Å². The number of hydrogen-bond acceptors (Lipinski definition) is 4. The van der Waals surface area contributed by atoms with Crippen molar-refractivity contribution in [2.24, 2.45) is 0 Å². The van der Waals surface area contributed by atoms with Gasteiger partial charge in [-0.05, 0) is 43.9 Å². The molecule has 110 valence electrons. The van der Waals surface area contributed by atoms with Gasteiger partial charge in [0.1, 0.15) is 11.4 Å². The minimum Gasteiger partial charge on any atom is -0.350 e. The van der Waals surface area contributed by atoms with Gasteiger partial charge in [-0.1, -0.05) is 34.0 Å². The Bertz CT molecular complexity index is 647. The van der Waals surface area contributed by atoms with Gasteiger partial charge in [0.05, 0.1) is 6.42 Å². The van der Waals surface area contributed by atoms with Crippen LogP contribution in [0.4, 0.5) is 0 Å². The van der Waals surface area contributed by atoms with E-state index in [0.29, 0.717) is 11.4 Å². The molecule has 0 spiro atoms. The lowest BCUT2D eigenvalue weighted by atomic mass is 10.0. The number of halogens is 1. The fraction of sp³-hybridized carbons (Fsp3) is 0.400. The average molecular weight is 306 g/mol. The van der Waals surface area contributed by atoms with Gasteiger partial charge in [0.15, 0.2) is 0 Å². The smallest absolute Gasteiger partial charge is 0.226 e. The van der Waals surface area contributed by atoms with Crippen molar-refractivity contribution >= 4 is 17.5 Å². The molecule has 21 heavy (non-hydrogen) atoms. The molecule has 1 heterocycles. The third kappa shape index (κ3) is 3.42. The third-order valence-electron chi connectivity index (χ3n) is 3.79. The summed E-state index contributed by atoms with van der Waals surface area (Å²) in [6, 6.07) is 7.75. The van der Waals surface area contributed by atoms with Gasteiger partial charge >= 0.3 is 0 Å². The maximum atomic E-state index is 12.1. The standard InChI is InChI=1S/C15H16ClN3O2/c1-10-13(19-21-18-10)8-14(20)17-15(6-7-15)9-11-2-4-12(16)5-3-11/h2-5H,6-9H2,1H3,(H,17,20). The van der Waals surface area contributed by atoms with Crippen LogP contribution in [-0.4, -0.2) is 21.8 Å². The molecule has 1 N–H and O–H groups in total. The Labute approximate surface area is 127 Å². The van der Waals surface area contributed by atoms with Crippen LogP contribution in [0.2, 0.25) is 5.02 Å². The summed E-state index contributed by atoms with van der Waals surface area (Å²) in [5.74, 6) is -0.0414. The molecular formula is C15H16ClN3O2. The second kappa shape index (κ2) is 5.48. The number of hydrogen-bond donors (Lipinski definition) is 1. The van der Waals surface area contributed by atoms with E-state index < -0.39 is 0 Å². The van der Waals surface area contributed by atoms with Crippen molar-refractivity contribution in [3.8, 4) is 0 Å². The van der Waals surface area contributed by atoms with Crippen molar-refractivity contribution in [1.29, 1.82) is 0 Å². The zero-order chi connectivity index (χ0) is 14.9. The maximum absolute atomic E-state index is 12.1. The first kappa shape index (κ1) is 14.1. The summed E-state index contributed by atoms with van der Waals surface area (Å²) >= 11 is 5.89. The molecule has 3 rings (SSSR count).